The number of nitriles is 2. The van der Waals surface area contributed by atoms with Crippen LogP contribution in [0.3, 0.4) is 0 Å². The fraction of sp³-hybridized carbons (Fsp3) is 0.154. The van der Waals surface area contributed by atoms with Crippen molar-refractivity contribution in [2.45, 2.75) is 0 Å². The first-order valence-corrected chi connectivity index (χ1v) is 5.39. The molecular weight excluding hydrogens is 226 g/mol. The average Bonchev–Trinajstić information content (AvgIpc) is 2.38. The highest BCUT2D eigenvalue weighted by atomic mass is 15.2. The lowest BCUT2D eigenvalue weighted by molar-refractivity contribution is 0.942. The fourth-order valence-corrected chi connectivity index (χ4v) is 1.70. The van der Waals surface area contributed by atoms with Gasteiger partial charge in [0, 0.05) is 11.1 Å². The second-order valence-corrected chi connectivity index (χ2v) is 3.79. The van der Waals surface area contributed by atoms with Gasteiger partial charge in [0.05, 0.1) is 17.7 Å². The zero-order valence-electron chi connectivity index (χ0n) is 9.67. The topological polar surface area (TPSA) is 89.7 Å². The number of nitrogen functional groups attached to an aromatic ring is 1. The van der Waals surface area contributed by atoms with Crippen LogP contribution in [0.15, 0.2) is 30.3 Å². The third-order valence-corrected chi connectivity index (χ3v) is 2.55. The van der Waals surface area contributed by atoms with Gasteiger partial charge in [0.25, 0.3) is 0 Å². The predicted molar refractivity (Wildman–Crippen MR) is 69.6 cm³/mol. The first kappa shape index (κ1) is 11.7. The second-order valence-electron chi connectivity index (χ2n) is 3.79. The maximum atomic E-state index is 8.73. The molecule has 1 aromatic carbocycles. The molecule has 1 heterocycles. The van der Waals surface area contributed by atoms with Gasteiger partial charge in [-0.3, -0.25) is 0 Å². The Labute approximate surface area is 105 Å². The van der Waals surface area contributed by atoms with Crippen molar-refractivity contribution in [2.24, 2.45) is 0 Å². The molecule has 0 aliphatic heterocycles. The Kier molecular flexibility index (Phi) is 3.26. The fourth-order valence-electron chi connectivity index (χ4n) is 1.70. The van der Waals surface area contributed by atoms with Crippen LogP contribution < -0.4 is 10.6 Å². The zero-order valence-corrected chi connectivity index (χ0v) is 9.67. The number of fused-ring (bicyclic) bond motifs is 1. The van der Waals surface area contributed by atoms with Crippen molar-refractivity contribution in [3.8, 4) is 12.1 Å². The summed E-state index contributed by atoms with van der Waals surface area (Å²) >= 11 is 0. The Morgan fingerprint density at radius 2 is 1.83 bits per heavy atom. The molecule has 0 saturated heterocycles. The number of hydrogen-bond donors (Lipinski definition) is 1. The minimum Gasteiger partial charge on any atom is -0.399 e. The summed E-state index contributed by atoms with van der Waals surface area (Å²) in [4.78, 5) is 6.04. The average molecular weight is 237 g/mol. The standard InChI is InChI=1S/C13H11N5/c14-5-7-18(8-6-15)13-4-1-10-9-11(16)2-3-12(10)17-13/h1-4,9H,7-8,16H2. The highest BCUT2D eigenvalue weighted by Crippen LogP contribution is 2.19. The normalized spacial score (nSPS) is 9.67. The SMILES string of the molecule is N#CCN(CC#N)c1ccc2cc(N)ccc2n1. The van der Waals surface area contributed by atoms with Crippen molar-refractivity contribution in [1.29, 1.82) is 10.5 Å². The van der Waals surface area contributed by atoms with E-state index in [1.54, 1.807) is 17.0 Å². The zero-order chi connectivity index (χ0) is 13.0. The summed E-state index contributed by atoms with van der Waals surface area (Å²) in [6.07, 6.45) is 0. The molecule has 0 aliphatic carbocycles. The van der Waals surface area contributed by atoms with Crippen LogP contribution in [0.2, 0.25) is 0 Å². The van der Waals surface area contributed by atoms with Gasteiger partial charge in [-0.1, -0.05) is 0 Å². The molecule has 0 amide bonds. The Balaban J connectivity index is 2.43. The van der Waals surface area contributed by atoms with E-state index < -0.39 is 0 Å². The van der Waals surface area contributed by atoms with E-state index in [0.29, 0.717) is 11.5 Å². The molecular formula is C13H11N5. The van der Waals surface area contributed by atoms with Gasteiger partial charge >= 0.3 is 0 Å². The summed E-state index contributed by atoms with van der Waals surface area (Å²) < 4.78 is 0. The van der Waals surface area contributed by atoms with Crippen LogP contribution in [-0.2, 0) is 0 Å². The lowest BCUT2D eigenvalue weighted by atomic mass is 10.2. The van der Waals surface area contributed by atoms with Crippen molar-refractivity contribution < 1.29 is 0 Å². The van der Waals surface area contributed by atoms with Crippen LogP contribution in [0, 0.1) is 22.7 Å². The molecule has 0 fully saturated rings. The van der Waals surface area contributed by atoms with Crippen molar-refractivity contribution in [3.63, 3.8) is 0 Å². The summed E-state index contributed by atoms with van der Waals surface area (Å²) in [5.41, 5.74) is 7.17. The van der Waals surface area contributed by atoms with E-state index in [2.05, 4.69) is 4.98 Å². The number of hydrogen-bond acceptors (Lipinski definition) is 5. The number of aromatic nitrogens is 1. The van der Waals surface area contributed by atoms with E-state index in [9.17, 15) is 0 Å². The maximum absolute atomic E-state index is 8.73. The third kappa shape index (κ3) is 2.31. The summed E-state index contributed by atoms with van der Waals surface area (Å²) in [5.74, 6) is 0.621. The Morgan fingerprint density at radius 3 is 2.50 bits per heavy atom. The molecule has 18 heavy (non-hydrogen) atoms. The number of rotatable bonds is 3. The molecule has 0 spiro atoms. The Bertz CT molecular complexity index is 634. The number of nitrogens with two attached hydrogens (primary N) is 1. The number of nitrogens with zero attached hydrogens (tertiary/aromatic N) is 4. The van der Waals surface area contributed by atoms with Crippen LogP contribution in [-0.4, -0.2) is 18.1 Å². The molecule has 0 saturated carbocycles. The van der Waals surface area contributed by atoms with Crippen LogP contribution in [0.5, 0.6) is 0 Å². The van der Waals surface area contributed by atoms with Gasteiger partial charge in [0.1, 0.15) is 18.9 Å². The predicted octanol–water partition coefficient (Wildman–Crippen LogP) is 1.67. The molecule has 2 rings (SSSR count). The van der Waals surface area contributed by atoms with Gasteiger partial charge in [-0.25, -0.2) is 4.98 Å². The first-order valence-electron chi connectivity index (χ1n) is 5.39. The molecule has 0 radical (unpaired) electrons. The lowest BCUT2D eigenvalue weighted by Gasteiger charge is -2.17. The molecule has 88 valence electrons. The van der Waals surface area contributed by atoms with Gasteiger partial charge in [0.2, 0.25) is 0 Å². The largest absolute Gasteiger partial charge is 0.399 e. The van der Waals surface area contributed by atoms with E-state index in [4.69, 9.17) is 16.3 Å². The summed E-state index contributed by atoms with van der Waals surface area (Å²) in [6, 6.07) is 13.2. The molecule has 5 nitrogen and oxygen atoms in total. The van der Waals surface area contributed by atoms with E-state index >= 15 is 0 Å². The van der Waals surface area contributed by atoms with Crippen LogP contribution >= 0.6 is 0 Å². The van der Waals surface area contributed by atoms with Gasteiger partial charge in [-0.2, -0.15) is 10.5 Å². The van der Waals surface area contributed by atoms with Crippen LogP contribution in [0.1, 0.15) is 0 Å². The van der Waals surface area contributed by atoms with E-state index in [0.717, 1.165) is 10.9 Å². The van der Waals surface area contributed by atoms with Crippen molar-refractivity contribution in [1.82, 2.24) is 4.98 Å². The smallest absolute Gasteiger partial charge is 0.130 e. The van der Waals surface area contributed by atoms with Gasteiger partial charge < -0.3 is 10.6 Å². The van der Waals surface area contributed by atoms with Crippen LogP contribution in [0.4, 0.5) is 11.5 Å². The Hall–Kier alpha value is -2.79. The van der Waals surface area contributed by atoms with Gasteiger partial charge in [0.15, 0.2) is 0 Å². The van der Waals surface area contributed by atoms with Gasteiger partial charge in [-0.15, -0.1) is 0 Å². The maximum Gasteiger partial charge on any atom is 0.130 e. The summed E-state index contributed by atoms with van der Waals surface area (Å²) in [6.45, 7) is 0.280. The number of pyridine rings is 1. The summed E-state index contributed by atoms with van der Waals surface area (Å²) in [5, 5.41) is 18.4. The second kappa shape index (κ2) is 5.03. The highest BCUT2D eigenvalue weighted by Gasteiger charge is 2.07. The molecule has 0 unspecified atom stereocenters. The minimum absolute atomic E-state index is 0.140. The first-order chi connectivity index (χ1) is 8.74. The number of anilines is 2. The third-order valence-electron chi connectivity index (χ3n) is 2.55. The van der Waals surface area contributed by atoms with E-state index in [-0.39, 0.29) is 13.1 Å². The Morgan fingerprint density at radius 1 is 1.11 bits per heavy atom. The molecule has 0 aliphatic rings. The molecule has 2 N–H and O–H groups in total. The van der Waals surface area contributed by atoms with Crippen molar-refractivity contribution >= 4 is 22.4 Å². The monoisotopic (exact) mass is 237 g/mol. The van der Waals surface area contributed by atoms with Crippen LogP contribution in [0.25, 0.3) is 10.9 Å². The quantitative estimate of drug-likeness (QED) is 0.647. The minimum atomic E-state index is 0.140. The molecule has 2 aromatic rings. The van der Waals surface area contributed by atoms with E-state index in [1.807, 2.05) is 30.3 Å². The lowest BCUT2D eigenvalue weighted by Crippen LogP contribution is -2.24. The van der Waals surface area contributed by atoms with E-state index in [1.165, 1.54) is 0 Å². The molecule has 1 aromatic heterocycles. The number of benzene rings is 1. The molecule has 0 bridgehead atoms. The molecule has 0 atom stereocenters. The van der Waals surface area contributed by atoms with Crippen molar-refractivity contribution in [2.75, 3.05) is 23.7 Å². The summed E-state index contributed by atoms with van der Waals surface area (Å²) in [7, 11) is 0. The molecule has 5 heteroatoms. The highest BCUT2D eigenvalue weighted by molar-refractivity contribution is 5.83. The van der Waals surface area contributed by atoms with Crippen molar-refractivity contribution in [3.05, 3.63) is 30.3 Å². The van der Waals surface area contributed by atoms with Gasteiger partial charge in [-0.05, 0) is 30.3 Å².